The highest BCUT2D eigenvalue weighted by Crippen LogP contribution is 2.30. The molecular weight excluding hydrogens is 258 g/mol. The number of hydrogen-bond donors (Lipinski definition) is 1. The van der Waals surface area contributed by atoms with Gasteiger partial charge in [0, 0.05) is 17.9 Å². The van der Waals surface area contributed by atoms with Gasteiger partial charge in [0.05, 0.1) is 6.61 Å². The van der Waals surface area contributed by atoms with E-state index < -0.39 is 11.3 Å². The monoisotopic (exact) mass is 269 g/mol. The van der Waals surface area contributed by atoms with Crippen LogP contribution in [0.25, 0.3) is 0 Å². The van der Waals surface area contributed by atoms with Crippen LogP contribution < -0.4 is 10.5 Å². The van der Waals surface area contributed by atoms with Gasteiger partial charge in [-0.3, -0.25) is 0 Å². The first-order chi connectivity index (χ1) is 7.94. The summed E-state index contributed by atoms with van der Waals surface area (Å²) in [6, 6.07) is 4.20. The van der Waals surface area contributed by atoms with Crippen molar-refractivity contribution in [3.05, 3.63) is 29.6 Å². The van der Waals surface area contributed by atoms with Crippen LogP contribution in [0, 0.1) is 5.82 Å². The summed E-state index contributed by atoms with van der Waals surface area (Å²) in [7, 11) is 0. The summed E-state index contributed by atoms with van der Waals surface area (Å²) < 4.78 is 53.7. The van der Waals surface area contributed by atoms with E-state index in [4.69, 9.17) is 10.5 Å². The Morgan fingerprint density at radius 3 is 2.59 bits per heavy atom. The number of halogens is 4. The van der Waals surface area contributed by atoms with Crippen molar-refractivity contribution < 1.29 is 22.3 Å². The normalized spacial score (nSPS) is 11.6. The van der Waals surface area contributed by atoms with E-state index in [2.05, 4.69) is 0 Å². The maximum atomic E-state index is 13.3. The minimum atomic E-state index is -4.30. The van der Waals surface area contributed by atoms with E-state index in [1.54, 1.807) is 6.07 Å². The van der Waals surface area contributed by atoms with Crippen molar-refractivity contribution in [1.29, 1.82) is 0 Å². The van der Waals surface area contributed by atoms with Crippen LogP contribution in [0.1, 0.15) is 5.56 Å². The Morgan fingerprint density at radius 2 is 2.00 bits per heavy atom. The first kappa shape index (κ1) is 14.1. The molecule has 96 valence electrons. The minimum Gasteiger partial charge on any atom is -0.489 e. The van der Waals surface area contributed by atoms with Gasteiger partial charge in [0.2, 0.25) is 0 Å². The first-order valence-electron chi connectivity index (χ1n) is 4.75. The third kappa shape index (κ3) is 4.82. The van der Waals surface area contributed by atoms with Crippen LogP contribution in [0.3, 0.4) is 0 Å². The predicted octanol–water partition coefficient (Wildman–Crippen LogP) is 2.92. The van der Waals surface area contributed by atoms with E-state index in [9.17, 15) is 17.6 Å². The van der Waals surface area contributed by atoms with Crippen molar-refractivity contribution >= 4 is 11.8 Å². The summed E-state index contributed by atoms with van der Waals surface area (Å²) in [5.41, 5.74) is 1.50. The zero-order valence-corrected chi connectivity index (χ0v) is 9.58. The SMILES string of the molecule is NCc1cccc(F)c1OCCSC(F)(F)F. The Labute approximate surface area is 100 Å². The molecule has 0 heterocycles. The highest BCUT2D eigenvalue weighted by Gasteiger charge is 2.27. The molecule has 1 rings (SSSR count). The molecule has 1 aromatic carbocycles. The maximum Gasteiger partial charge on any atom is 0.441 e. The van der Waals surface area contributed by atoms with Crippen LogP contribution in [0.5, 0.6) is 5.75 Å². The number of hydrogen-bond acceptors (Lipinski definition) is 3. The fraction of sp³-hybridized carbons (Fsp3) is 0.400. The molecule has 0 aromatic heterocycles. The van der Waals surface area contributed by atoms with Gasteiger partial charge in [0.25, 0.3) is 0 Å². The topological polar surface area (TPSA) is 35.2 Å². The molecule has 1 aromatic rings. The third-order valence-electron chi connectivity index (χ3n) is 1.86. The van der Waals surface area contributed by atoms with Crippen LogP contribution in [-0.4, -0.2) is 17.9 Å². The Kier molecular flexibility index (Phi) is 5.07. The molecule has 0 fully saturated rings. The lowest BCUT2D eigenvalue weighted by molar-refractivity contribution is -0.0329. The van der Waals surface area contributed by atoms with Crippen LogP contribution in [0.2, 0.25) is 0 Å². The second kappa shape index (κ2) is 6.11. The molecule has 17 heavy (non-hydrogen) atoms. The summed E-state index contributed by atoms with van der Waals surface area (Å²) in [5.74, 6) is -0.982. The van der Waals surface area contributed by atoms with Gasteiger partial charge in [-0.2, -0.15) is 13.2 Å². The van der Waals surface area contributed by atoms with Crippen LogP contribution in [0.15, 0.2) is 18.2 Å². The second-order valence-corrected chi connectivity index (χ2v) is 4.23. The zero-order valence-electron chi connectivity index (χ0n) is 8.76. The van der Waals surface area contributed by atoms with Crippen molar-refractivity contribution in [2.75, 3.05) is 12.4 Å². The summed E-state index contributed by atoms with van der Waals surface area (Å²) in [6.07, 6.45) is 0. The number of alkyl halides is 3. The molecule has 0 bridgehead atoms. The van der Waals surface area contributed by atoms with Crippen molar-refractivity contribution in [3.63, 3.8) is 0 Å². The highest BCUT2D eigenvalue weighted by atomic mass is 32.2. The van der Waals surface area contributed by atoms with E-state index in [1.807, 2.05) is 0 Å². The summed E-state index contributed by atoms with van der Waals surface area (Å²) >= 11 is -0.207. The first-order valence-corrected chi connectivity index (χ1v) is 5.73. The van der Waals surface area contributed by atoms with Crippen molar-refractivity contribution in [1.82, 2.24) is 0 Å². The lowest BCUT2D eigenvalue weighted by Crippen LogP contribution is -2.10. The van der Waals surface area contributed by atoms with Gasteiger partial charge in [0.1, 0.15) is 0 Å². The standard InChI is InChI=1S/C10H11F4NOS/c11-8-3-1-2-7(6-15)9(8)16-4-5-17-10(12,13)14/h1-3H,4-6,15H2. The maximum absolute atomic E-state index is 13.3. The second-order valence-electron chi connectivity index (χ2n) is 3.07. The van der Waals surface area contributed by atoms with E-state index in [0.29, 0.717) is 5.56 Å². The minimum absolute atomic E-state index is 0.0690. The van der Waals surface area contributed by atoms with Gasteiger partial charge in [-0.25, -0.2) is 4.39 Å². The van der Waals surface area contributed by atoms with Crippen molar-refractivity contribution in [3.8, 4) is 5.75 Å². The Hall–Kier alpha value is -0.950. The van der Waals surface area contributed by atoms with Crippen molar-refractivity contribution in [2.24, 2.45) is 5.73 Å². The predicted molar refractivity (Wildman–Crippen MR) is 58.3 cm³/mol. The molecule has 0 aliphatic carbocycles. The largest absolute Gasteiger partial charge is 0.489 e. The Balaban J connectivity index is 2.52. The summed E-state index contributed by atoms with van der Waals surface area (Å²) in [5, 5.41) is 0. The summed E-state index contributed by atoms with van der Waals surface area (Å²) in [4.78, 5) is 0. The van der Waals surface area contributed by atoms with Crippen LogP contribution in [0.4, 0.5) is 17.6 Å². The molecule has 0 radical (unpaired) electrons. The lowest BCUT2D eigenvalue weighted by Gasteiger charge is -2.11. The van der Waals surface area contributed by atoms with Gasteiger partial charge >= 0.3 is 5.51 Å². The number of benzene rings is 1. The molecule has 2 nitrogen and oxygen atoms in total. The van der Waals surface area contributed by atoms with Crippen molar-refractivity contribution in [2.45, 2.75) is 12.1 Å². The number of thioether (sulfide) groups is 1. The number of nitrogens with two attached hydrogens (primary N) is 1. The van der Waals surface area contributed by atoms with Gasteiger partial charge in [0.15, 0.2) is 11.6 Å². The molecule has 0 aliphatic heterocycles. The van der Waals surface area contributed by atoms with Gasteiger partial charge in [-0.1, -0.05) is 12.1 Å². The van der Waals surface area contributed by atoms with Gasteiger partial charge < -0.3 is 10.5 Å². The Bertz CT molecular complexity index is 370. The molecule has 0 aliphatic rings. The molecular formula is C10H11F4NOS. The molecule has 0 saturated carbocycles. The van der Waals surface area contributed by atoms with E-state index >= 15 is 0 Å². The van der Waals surface area contributed by atoms with Gasteiger partial charge in [-0.15, -0.1) is 0 Å². The quantitative estimate of drug-likeness (QED) is 0.659. The molecule has 2 N–H and O–H groups in total. The molecule has 0 spiro atoms. The Morgan fingerprint density at radius 1 is 1.29 bits per heavy atom. The molecule has 0 atom stereocenters. The number of para-hydroxylation sites is 1. The molecule has 0 unspecified atom stereocenters. The fourth-order valence-corrected chi connectivity index (χ4v) is 1.58. The number of ether oxygens (including phenoxy) is 1. The smallest absolute Gasteiger partial charge is 0.441 e. The van der Waals surface area contributed by atoms with Gasteiger partial charge in [-0.05, 0) is 17.8 Å². The van der Waals surface area contributed by atoms with E-state index in [1.165, 1.54) is 12.1 Å². The van der Waals surface area contributed by atoms with E-state index in [0.717, 1.165) is 0 Å². The number of rotatable bonds is 5. The van der Waals surface area contributed by atoms with Crippen LogP contribution >= 0.6 is 11.8 Å². The highest BCUT2D eigenvalue weighted by molar-refractivity contribution is 8.00. The van der Waals surface area contributed by atoms with E-state index in [-0.39, 0.29) is 36.4 Å². The van der Waals surface area contributed by atoms with Crippen LogP contribution in [-0.2, 0) is 6.54 Å². The summed E-state index contributed by atoms with van der Waals surface area (Å²) in [6.45, 7) is -0.155. The zero-order chi connectivity index (χ0) is 12.9. The third-order valence-corrected chi connectivity index (χ3v) is 2.56. The molecule has 7 heteroatoms. The molecule has 0 amide bonds. The average molecular weight is 269 g/mol. The molecule has 0 saturated heterocycles. The lowest BCUT2D eigenvalue weighted by atomic mass is 10.2. The fourth-order valence-electron chi connectivity index (χ4n) is 1.18. The average Bonchev–Trinajstić information content (AvgIpc) is 2.24.